The van der Waals surface area contributed by atoms with Crippen molar-refractivity contribution in [2.45, 2.75) is 31.0 Å². The summed E-state index contributed by atoms with van der Waals surface area (Å²) >= 11 is 9.35. The highest BCUT2D eigenvalue weighted by atomic mass is 79.9. The monoisotopic (exact) mass is 305 g/mol. The molecule has 3 nitrogen and oxygen atoms in total. The molecule has 0 N–H and O–H groups in total. The van der Waals surface area contributed by atoms with Gasteiger partial charge in [-0.25, -0.2) is 0 Å². The summed E-state index contributed by atoms with van der Waals surface area (Å²) in [7, 11) is 0. The second kappa shape index (κ2) is 6.21. The molecular formula is C11H13BrClNO2. The van der Waals surface area contributed by atoms with E-state index in [-0.39, 0.29) is 10.6 Å². The smallest absolute Gasteiger partial charge is 0.258 e. The Morgan fingerprint density at radius 2 is 2.25 bits per heavy atom. The number of rotatable bonds is 5. The van der Waals surface area contributed by atoms with Gasteiger partial charge in [0.2, 0.25) is 0 Å². The van der Waals surface area contributed by atoms with E-state index < -0.39 is 0 Å². The summed E-state index contributed by atoms with van der Waals surface area (Å²) < 4.78 is 0. The fourth-order valence-corrected chi connectivity index (χ4v) is 1.87. The first-order valence-corrected chi connectivity index (χ1v) is 6.40. The van der Waals surface area contributed by atoms with Gasteiger partial charge in [0.1, 0.15) is 0 Å². The molecule has 0 fully saturated rings. The van der Waals surface area contributed by atoms with Crippen LogP contribution in [-0.2, 0) is 6.42 Å². The van der Waals surface area contributed by atoms with Crippen molar-refractivity contribution < 1.29 is 4.92 Å². The summed E-state index contributed by atoms with van der Waals surface area (Å²) in [6.45, 7) is 2.08. The molecule has 0 heterocycles. The lowest BCUT2D eigenvalue weighted by Gasteiger charge is -2.07. The van der Waals surface area contributed by atoms with Gasteiger partial charge < -0.3 is 0 Å². The molecule has 1 aromatic rings. The van der Waals surface area contributed by atoms with Gasteiger partial charge in [-0.05, 0) is 31.4 Å². The molecule has 0 spiro atoms. The molecule has 0 aliphatic rings. The molecule has 0 saturated carbocycles. The standard InChI is InChI=1S/C11H13BrClNO2/c1-2-9(12)4-3-8-7-10(13)5-6-11(8)14(15)16/h5-7,9H,2-4H2,1H3. The second-order valence-corrected chi connectivity index (χ2v) is 5.31. The van der Waals surface area contributed by atoms with Gasteiger partial charge >= 0.3 is 0 Å². The summed E-state index contributed by atoms with van der Waals surface area (Å²) in [6, 6.07) is 4.69. The molecule has 1 aromatic carbocycles. The largest absolute Gasteiger partial charge is 0.272 e. The van der Waals surface area contributed by atoms with E-state index in [0.29, 0.717) is 21.8 Å². The van der Waals surface area contributed by atoms with Crippen LogP contribution < -0.4 is 0 Å². The number of aryl methyl sites for hydroxylation is 1. The van der Waals surface area contributed by atoms with Crippen molar-refractivity contribution in [1.82, 2.24) is 0 Å². The molecule has 1 atom stereocenters. The van der Waals surface area contributed by atoms with Crippen LogP contribution in [0.1, 0.15) is 25.3 Å². The maximum absolute atomic E-state index is 10.8. The van der Waals surface area contributed by atoms with Crippen molar-refractivity contribution in [1.29, 1.82) is 0 Å². The number of hydrogen-bond donors (Lipinski definition) is 0. The highest BCUT2D eigenvalue weighted by molar-refractivity contribution is 9.09. The summed E-state index contributed by atoms with van der Waals surface area (Å²) in [4.78, 5) is 10.8. The van der Waals surface area contributed by atoms with Crippen molar-refractivity contribution in [2.75, 3.05) is 0 Å². The Balaban J connectivity index is 2.84. The van der Waals surface area contributed by atoms with Crippen LogP contribution in [-0.4, -0.2) is 9.75 Å². The highest BCUT2D eigenvalue weighted by Crippen LogP contribution is 2.25. The molecule has 0 saturated heterocycles. The van der Waals surface area contributed by atoms with Crippen molar-refractivity contribution in [2.24, 2.45) is 0 Å². The first-order chi connectivity index (χ1) is 7.54. The Morgan fingerprint density at radius 1 is 1.56 bits per heavy atom. The molecule has 0 aromatic heterocycles. The average Bonchev–Trinajstić information content (AvgIpc) is 2.25. The van der Waals surface area contributed by atoms with Crippen LogP contribution >= 0.6 is 27.5 Å². The Labute approximate surface area is 108 Å². The molecule has 0 radical (unpaired) electrons. The van der Waals surface area contributed by atoms with Crippen molar-refractivity contribution in [3.05, 3.63) is 38.9 Å². The lowest BCUT2D eigenvalue weighted by Crippen LogP contribution is -2.01. The lowest BCUT2D eigenvalue weighted by atomic mass is 10.1. The first-order valence-electron chi connectivity index (χ1n) is 5.11. The van der Waals surface area contributed by atoms with Crippen LogP contribution in [0.5, 0.6) is 0 Å². The summed E-state index contributed by atoms with van der Waals surface area (Å²) in [5.74, 6) is 0. The minimum absolute atomic E-state index is 0.153. The van der Waals surface area contributed by atoms with Crippen LogP contribution in [0.3, 0.4) is 0 Å². The number of nitro groups is 1. The first kappa shape index (κ1) is 13.5. The molecule has 0 bridgehead atoms. The number of alkyl halides is 1. The number of hydrogen-bond acceptors (Lipinski definition) is 2. The molecule has 1 unspecified atom stereocenters. The molecule has 1 rings (SSSR count). The number of benzene rings is 1. The van der Waals surface area contributed by atoms with E-state index >= 15 is 0 Å². The van der Waals surface area contributed by atoms with Crippen molar-refractivity contribution >= 4 is 33.2 Å². The fraction of sp³-hybridized carbons (Fsp3) is 0.455. The molecule has 0 aliphatic carbocycles. The molecule has 16 heavy (non-hydrogen) atoms. The summed E-state index contributed by atoms with van der Waals surface area (Å²) in [5.41, 5.74) is 0.857. The van der Waals surface area contributed by atoms with E-state index in [1.807, 2.05) is 0 Å². The summed E-state index contributed by atoms with van der Waals surface area (Å²) in [6.07, 6.45) is 2.55. The van der Waals surface area contributed by atoms with Gasteiger partial charge in [0, 0.05) is 21.5 Å². The van der Waals surface area contributed by atoms with E-state index in [1.54, 1.807) is 12.1 Å². The topological polar surface area (TPSA) is 43.1 Å². The Bertz CT molecular complexity index is 384. The Morgan fingerprint density at radius 3 is 2.81 bits per heavy atom. The van der Waals surface area contributed by atoms with Crippen LogP contribution in [0, 0.1) is 10.1 Å². The minimum Gasteiger partial charge on any atom is -0.258 e. The van der Waals surface area contributed by atoms with Gasteiger partial charge in [-0.3, -0.25) is 10.1 Å². The van der Waals surface area contributed by atoms with Crippen LogP contribution in [0.25, 0.3) is 0 Å². The molecule has 88 valence electrons. The Hall–Kier alpha value is -0.610. The maximum Gasteiger partial charge on any atom is 0.272 e. The predicted octanol–water partition coefficient (Wildman–Crippen LogP) is 4.35. The third-order valence-corrected chi connectivity index (χ3v) is 3.75. The SMILES string of the molecule is CCC(Br)CCc1cc(Cl)ccc1[N+](=O)[O-]. The normalized spacial score (nSPS) is 12.4. The van der Waals surface area contributed by atoms with E-state index in [9.17, 15) is 10.1 Å². The number of nitro benzene ring substituents is 1. The van der Waals surface area contributed by atoms with Gasteiger partial charge in [-0.2, -0.15) is 0 Å². The van der Waals surface area contributed by atoms with E-state index in [0.717, 1.165) is 12.8 Å². The van der Waals surface area contributed by atoms with Gasteiger partial charge in [-0.1, -0.05) is 34.5 Å². The van der Waals surface area contributed by atoms with Crippen LogP contribution in [0.15, 0.2) is 18.2 Å². The number of halogens is 2. The van der Waals surface area contributed by atoms with Gasteiger partial charge in [0.05, 0.1) is 4.92 Å². The zero-order chi connectivity index (χ0) is 12.1. The maximum atomic E-state index is 10.8. The van der Waals surface area contributed by atoms with Crippen LogP contribution in [0.4, 0.5) is 5.69 Å². The van der Waals surface area contributed by atoms with Gasteiger partial charge in [0.25, 0.3) is 5.69 Å². The van der Waals surface area contributed by atoms with Crippen molar-refractivity contribution in [3.8, 4) is 0 Å². The third-order valence-electron chi connectivity index (χ3n) is 2.41. The zero-order valence-corrected chi connectivity index (χ0v) is 11.3. The molecule has 5 heteroatoms. The quantitative estimate of drug-likeness (QED) is 0.461. The fourth-order valence-electron chi connectivity index (χ4n) is 1.45. The number of nitrogens with zero attached hydrogens (tertiary/aromatic N) is 1. The highest BCUT2D eigenvalue weighted by Gasteiger charge is 2.14. The molecule has 0 aliphatic heterocycles. The second-order valence-electron chi connectivity index (χ2n) is 3.57. The third kappa shape index (κ3) is 3.76. The molecule has 0 amide bonds. The Kier molecular flexibility index (Phi) is 5.22. The average molecular weight is 307 g/mol. The zero-order valence-electron chi connectivity index (χ0n) is 8.95. The summed E-state index contributed by atoms with van der Waals surface area (Å²) in [5, 5.41) is 11.3. The lowest BCUT2D eigenvalue weighted by molar-refractivity contribution is -0.385. The van der Waals surface area contributed by atoms with E-state index in [1.165, 1.54) is 6.07 Å². The van der Waals surface area contributed by atoms with Gasteiger partial charge in [-0.15, -0.1) is 0 Å². The van der Waals surface area contributed by atoms with E-state index in [4.69, 9.17) is 11.6 Å². The molecular weight excluding hydrogens is 293 g/mol. The predicted molar refractivity (Wildman–Crippen MR) is 69.4 cm³/mol. The van der Waals surface area contributed by atoms with Crippen LogP contribution in [0.2, 0.25) is 5.02 Å². The van der Waals surface area contributed by atoms with Crippen molar-refractivity contribution in [3.63, 3.8) is 0 Å². The van der Waals surface area contributed by atoms with Gasteiger partial charge in [0.15, 0.2) is 0 Å². The van der Waals surface area contributed by atoms with E-state index in [2.05, 4.69) is 22.9 Å². The minimum atomic E-state index is -0.360.